The van der Waals surface area contributed by atoms with E-state index in [0.717, 1.165) is 23.2 Å². The van der Waals surface area contributed by atoms with E-state index in [1.54, 1.807) is 53.4 Å². The van der Waals surface area contributed by atoms with Crippen LogP contribution in [0.1, 0.15) is 40.9 Å². The zero-order valence-corrected chi connectivity index (χ0v) is 19.2. The van der Waals surface area contributed by atoms with E-state index in [-0.39, 0.29) is 23.2 Å². The second kappa shape index (κ2) is 9.36. The van der Waals surface area contributed by atoms with Gasteiger partial charge in [-0.1, -0.05) is 42.5 Å². The van der Waals surface area contributed by atoms with Crippen molar-refractivity contribution in [2.45, 2.75) is 25.0 Å². The predicted octanol–water partition coefficient (Wildman–Crippen LogP) is 2.50. The molecular weight excluding hydrogens is 438 g/mol. The third-order valence-electron chi connectivity index (χ3n) is 6.24. The van der Waals surface area contributed by atoms with Crippen molar-refractivity contribution in [3.8, 4) is 0 Å². The zero-order valence-electron chi connectivity index (χ0n) is 18.4. The molecule has 0 unspecified atom stereocenters. The minimum Gasteiger partial charge on any atom is -0.384 e. The lowest BCUT2D eigenvalue weighted by atomic mass is 9.93. The smallest absolute Gasteiger partial charge is 0.271 e. The molecule has 3 aromatic rings. The Balaban J connectivity index is 1.77. The molecule has 0 atom stereocenters. The Bertz CT molecular complexity index is 1280. The van der Waals surface area contributed by atoms with Crippen LogP contribution < -0.4 is 11.5 Å². The van der Waals surface area contributed by atoms with Crippen molar-refractivity contribution in [1.82, 2.24) is 8.87 Å². The third kappa shape index (κ3) is 4.79. The van der Waals surface area contributed by atoms with Gasteiger partial charge in [-0.25, -0.2) is 12.4 Å². The van der Waals surface area contributed by atoms with Gasteiger partial charge in [0.15, 0.2) is 0 Å². The Morgan fingerprint density at radius 3 is 2.39 bits per heavy atom. The molecule has 0 bridgehead atoms. The standard InChI is InChI=1S/C24H29N5O3S/c25-11-8-17-9-12-28(13-10-17)24(30)22-14-19-6-7-20(23(26)27)15-21(19)29(22)33(31,32)16-18-4-2-1-3-5-18/h1-7,14-15,17H,8-13,16,25H2,(H3,26,27). The minimum absolute atomic E-state index is 0.110. The molecule has 8 nitrogen and oxygen atoms in total. The molecule has 1 fully saturated rings. The van der Waals surface area contributed by atoms with Crippen molar-refractivity contribution in [3.05, 3.63) is 71.4 Å². The lowest BCUT2D eigenvalue weighted by Gasteiger charge is -2.32. The Labute approximate surface area is 193 Å². The molecule has 1 aromatic heterocycles. The Morgan fingerprint density at radius 1 is 1.06 bits per heavy atom. The Morgan fingerprint density at radius 2 is 1.76 bits per heavy atom. The van der Waals surface area contributed by atoms with Crippen LogP contribution in [0.25, 0.3) is 10.9 Å². The van der Waals surface area contributed by atoms with Crippen molar-refractivity contribution in [2.24, 2.45) is 17.4 Å². The minimum atomic E-state index is -3.93. The van der Waals surface area contributed by atoms with Crippen LogP contribution in [-0.4, -0.2) is 48.7 Å². The average Bonchev–Trinajstić information content (AvgIpc) is 3.19. The summed E-state index contributed by atoms with van der Waals surface area (Å²) in [6.07, 6.45) is 2.64. The summed E-state index contributed by atoms with van der Waals surface area (Å²) in [7, 11) is -3.93. The fourth-order valence-corrected chi connectivity index (χ4v) is 6.10. The number of rotatable bonds is 7. The van der Waals surface area contributed by atoms with Crippen LogP contribution in [0.2, 0.25) is 0 Å². The molecule has 1 saturated heterocycles. The van der Waals surface area contributed by atoms with Gasteiger partial charge < -0.3 is 16.4 Å². The van der Waals surface area contributed by atoms with Gasteiger partial charge in [0.1, 0.15) is 11.5 Å². The summed E-state index contributed by atoms with van der Waals surface area (Å²) in [6.45, 7) is 1.77. The van der Waals surface area contributed by atoms with Gasteiger partial charge in [-0.15, -0.1) is 0 Å². The van der Waals surface area contributed by atoms with Gasteiger partial charge in [0.25, 0.3) is 5.91 Å². The number of nitrogen functional groups attached to an aromatic ring is 1. The van der Waals surface area contributed by atoms with Crippen molar-refractivity contribution in [1.29, 1.82) is 5.41 Å². The van der Waals surface area contributed by atoms with E-state index >= 15 is 0 Å². The largest absolute Gasteiger partial charge is 0.384 e. The average molecular weight is 468 g/mol. The summed E-state index contributed by atoms with van der Waals surface area (Å²) < 4.78 is 28.3. The number of nitrogens with zero attached hydrogens (tertiary/aromatic N) is 2. The number of nitrogens with one attached hydrogen (secondary N) is 1. The van der Waals surface area contributed by atoms with Gasteiger partial charge in [-0.3, -0.25) is 10.2 Å². The molecule has 5 N–H and O–H groups in total. The number of aromatic nitrogens is 1. The van der Waals surface area contributed by atoms with Gasteiger partial charge in [0.2, 0.25) is 10.0 Å². The van der Waals surface area contributed by atoms with E-state index in [9.17, 15) is 13.2 Å². The molecule has 174 valence electrons. The second-order valence-electron chi connectivity index (χ2n) is 8.54. The highest BCUT2D eigenvalue weighted by Crippen LogP contribution is 2.28. The van der Waals surface area contributed by atoms with Crippen LogP contribution in [0.4, 0.5) is 0 Å². The highest BCUT2D eigenvalue weighted by atomic mass is 32.2. The number of carbonyl (C=O) groups excluding carboxylic acids is 1. The molecule has 2 aromatic carbocycles. The fraction of sp³-hybridized carbons (Fsp3) is 0.333. The topological polar surface area (TPSA) is 135 Å². The van der Waals surface area contributed by atoms with E-state index in [2.05, 4.69) is 0 Å². The number of amides is 1. The number of nitrogens with two attached hydrogens (primary N) is 2. The number of piperidine rings is 1. The second-order valence-corrected chi connectivity index (χ2v) is 10.4. The third-order valence-corrected chi connectivity index (χ3v) is 7.88. The maximum absolute atomic E-state index is 13.6. The normalized spacial score (nSPS) is 15.1. The molecule has 33 heavy (non-hydrogen) atoms. The van der Waals surface area contributed by atoms with Crippen molar-refractivity contribution < 1.29 is 13.2 Å². The number of carbonyl (C=O) groups is 1. The van der Waals surface area contributed by atoms with Gasteiger partial charge >= 0.3 is 0 Å². The number of benzene rings is 2. The van der Waals surface area contributed by atoms with Crippen molar-refractivity contribution >= 4 is 32.7 Å². The molecule has 1 aliphatic heterocycles. The van der Waals surface area contributed by atoms with Crippen LogP contribution in [0.15, 0.2) is 54.6 Å². The monoisotopic (exact) mass is 467 g/mol. The van der Waals surface area contributed by atoms with Crippen LogP contribution in [0.5, 0.6) is 0 Å². The zero-order chi connectivity index (χ0) is 23.6. The first kappa shape index (κ1) is 23.0. The number of amidine groups is 1. The molecule has 0 spiro atoms. The predicted molar refractivity (Wildman–Crippen MR) is 130 cm³/mol. The molecule has 0 radical (unpaired) electrons. The SMILES string of the molecule is N=C(N)c1ccc2cc(C(=O)N3CCC(CCN)CC3)n(S(=O)(=O)Cc3ccccc3)c2c1. The molecule has 1 aliphatic rings. The van der Waals surface area contributed by atoms with E-state index < -0.39 is 10.0 Å². The number of likely N-dealkylation sites (tertiary alicyclic amines) is 1. The summed E-state index contributed by atoms with van der Waals surface area (Å²) in [6, 6.07) is 15.4. The summed E-state index contributed by atoms with van der Waals surface area (Å²) in [5.41, 5.74) is 12.8. The highest BCUT2D eigenvalue weighted by molar-refractivity contribution is 7.89. The van der Waals surface area contributed by atoms with Gasteiger partial charge in [0, 0.05) is 24.0 Å². The van der Waals surface area contributed by atoms with Crippen LogP contribution >= 0.6 is 0 Å². The summed E-state index contributed by atoms with van der Waals surface area (Å²) in [5.74, 6) is -0.232. The lowest BCUT2D eigenvalue weighted by Crippen LogP contribution is -2.40. The van der Waals surface area contributed by atoms with Gasteiger partial charge in [-0.2, -0.15) is 0 Å². The number of fused-ring (bicyclic) bond motifs is 1. The molecule has 0 aliphatic carbocycles. The van der Waals surface area contributed by atoms with E-state index in [4.69, 9.17) is 16.9 Å². The van der Waals surface area contributed by atoms with E-state index in [1.165, 1.54) is 0 Å². The molecule has 1 amide bonds. The maximum atomic E-state index is 13.6. The number of hydrogen-bond donors (Lipinski definition) is 3. The van der Waals surface area contributed by atoms with Crippen LogP contribution in [0, 0.1) is 11.3 Å². The molecule has 9 heteroatoms. The summed E-state index contributed by atoms with van der Waals surface area (Å²) in [5, 5.41) is 8.37. The molecular formula is C24H29N5O3S. The number of hydrogen-bond acceptors (Lipinski definition) is 5. The van der Waals surface area contributed by atoms with E-state index in [0.29, 0.717) is 47.6 Å². The van der Waals surface area contributed by atoms with Crippen molar-refractivity contribution in [2.75, 3.05) is 19.6 Å². The molecule has 0 saturated carbocycles. The maximum Gasteiger partial charge on any atom is 0.271 e. The van der Waals surface area contributed by atoms with Crippen LogP contribution in [0.3, 0.4) is 0 Å². The molecule has 2 heterocycles. The summed E-state index contributed by atoms with van der Waals surface area (Å²) >= 11 is 0. The lowest BCUT2D eigenvalue weighted by molar-refractivity contribution is 0.0681. The van der Waals surface area contributed by atoms with Gasteiger partial charge in [-0.05, 0) is 49.4 Å². The van der Waals surface area contributed by atoms with Crippen molar-refractivity contribution in [3.63, 3.8) is 0 Å². The van der Waals surface area contributed by atoms with Gasteiger partial charge in [0.05, 0.1) is 11.3 Å². The first-order chi connectivity index (χ1) is 15.8. The summed E-state index contributed by atoms with van der Waals surface area (Å²) in [4.78, 5) is 15.2. The Kier molecular flexibility index (Phi) is 6.53. The first-order valence-corrected chi connectivity index (χ1v) is 12.7. The quantitative estimate of drug-likeness (QED) is 0.362. The first-order valence-electron chi connectivity index (χ1n) is 11.1. The highest BCUT2D eigenvalue weighted by Gasteiger charge is 2.30. The molecule has 4 rings (SSSR count). The fourth-order valence-electron chi connectivity index (χ4n) is 4.46. The van der Waals surface area contributed by atoms with E-state index in [1.807, 2.05) is 6.07 Å². The Hall–Kier alpha value is -3.17. The van der Waals surface area contributed by atoms with Crippen LogP contribution in [-0.2, 0) is 15.8 Å².